The summed E-state index contributed by atoms with van der Waals surface area (Å²) in [5, 5.41) is 0.00385. The Morgan fingerprint density at radius 1 is 1.24 bits per heavy atom. The molecule has 0 spiro atoms. The Hall–Kier alpha value is -2.49. The van der Waals surface area contributed by atoms with Crippen LogP contribution < -0.4 is 5.73 Å². The van der Waals surface area contributed by atoms with E-state index in [-0.39, 0.29) is 33.2 Å². The van der Waals surface area contributed by atoms with Gasteiger partial charge >= 0.3 is 0 Å². The van der Waals surface area contributed by atoms with E-state index in [9.17, 15) is 22.4 Å². The number of hydrogen-bond acceptors (Lipinski definition) is 5. The zero-order chi connectivity index (χ0) is 24.4. The van der Waals surface area contributed by atoms with Gasteiger partial charge in [0.05, 0.1) is 28.7 Å². The molecule has 3 unspecified atom stereocenters. The standard InChI is InChI=1S/C24H24ClFN2O5S/c1-34(31,32)17-4-2-3-14(7-17)23(30)28-20(22(27)29)9-16-10-24(16,28)21(15-11-33-12-15)13-5-6-18(25)19(26)8-13/h2-8,15-16,20-21H,9-12H2,1H3,(H2,27,29)/t16?,20?,21-,24?/m0/s1. The lowest BCUT2D eigenvalue weighted by atomic mass is 9.76. The summed E-state index contributed by atoms with van der Waals surface area (Å²) in [5.41, 5.74) is 5.82. The first-order chi connectivity index (χ1) is 16.0. The normalized spacial score (nSPS) is 27.1. The quantitative estimate of drug-likeness (QED) is 0.648. The molecular formula is C24H24ClFN2O5S. The smallest absolute Gasteiger partial charge is 0.255 e. The van der Waals surface area contributed by atoms with Crippen LogP contribution in [0.1, 0.15) is 34.7 Å². The lowest BCUT2D eigenvalue weighted by Crippen LogP contribution is -2.55. The minimum Gasteiger partial charge on any atom is -0.381 e. The molecule has 180 valence electrons. The minimum atomic E-state index is -3.54. The van der Waals surface area contributed by atoms with Crippen LogP contribution in [0.25, 0.3) is 0 Å². The van der Waals surface area contributed by atoms with Crippen LogP contribution in [-0.4, -0.2) is 56.2 Å². The monoisotopic (exact) mass is 506 g/mol. The SMILES string of the molecule is CS(=O)(=O)c1cccc(C(=O)N2C(C(N)=O)CC3CC32[C@@H](c2ccc(Cl)c(F)c2)C2COC2)c1. The lowest BCUT2D eigenvalue weighted by Gasteiger charge is -2.44. The first-order valence-corrected chi connectivity index (χ1v) is 13.3. The molecule has 34 heavy (non-hydrogen) atoms. The number of sulfone groups is 1. The molecule has 5 rings (SSSR count). The number of rotatable bonds is 6. The number of carbonyl (C=O) groups excluding carboxylic acids is 2. The summed E-state index contributed by atoms with van der Waals surface area (Å²) in [5.74, 6) is -1.89. The molecule has 0 radical (unpaired) electrons. The van der Waals surface area contributed by atoms with E-state index in [0.717, 1.165) is 6.26 Å². The van der Waals surface area contributed by atoms with Gasteiger partial charge in [-0.2, -0.15) is 0 Å². The highest BCUT2D eigenvalue weighted by atomic mass is 35.5. The molecule has 2 N–H and O–H groups in total. The fourth-order valence-corrected chi connectivity index (χ4v) is 6.59. The van der Waals surface area contributed by atoms with E-state index in [1.165, 1.54) is 41.3 Å². The maximum atomic E-state index is 14.5. The molecule has 4 atom stereocenters. The molecule has 3 fully saturated rings. The number of amides is 2. The number of likely N-dealkylation sites (tertiary alicyclic amines) is 1. The number of fused-ring (bicyclic) bond motifs is 1. The Kier molecular flexibility index (Phi) is 5.50. The summed E-state index contributed by atoms with van der Waals surface area (Å²) < 4.78 is 44.0. The third kappa shape index (κ3) is 3.61. The van der Waals surface area contributed by atoms with Gasteiger partial charge in [-0.15, -0.1) is 0 Å². The number of benzene rings is 2. The molecule has 2 aromatic rings. The Morgan fingerprint density at radius 2 is 1.97 bits per heavy atom. The van der Waals surface area contributed by atoms with Crippen molar-refractivity contribution in [2.75, 3.05) is 19.5 Å². The number of carbonyl (C=O) groups is 2. The molecule has 2 amide bonds. The van der Waals surface area contributed by atoms with Crippen molar-refractivity contribution in [2.45, 2.75) is 35.2 Å². The summed E-state index contributed by atoms with van der Waals surface area (Å²) in [6.07, 6.45) is 2.12. The molecule has 0 aromatic heterocycles. The van der Waals surface area contributed by atoms with E-state index in [4.69, 9.17) is 22.1 Å². The number of piperidine rings is 1. The van der Waals surface area contributed by atoms with Crippen molar-refractivity contribution in [2.24, 2.45) is 17.6 Å². The zero-order valence-electron chi connectivity index (χ0n) is 18.4. The second kappa shape index (κ2) is 8.03. The molecule has 3 aliphatic rings. The van der Waals surface area contributed by atoms with Crippen molar-refractivity contribution in [3.63, 3.8) is 0 Å². The summed E-state index contributed by atoms with van der Waals surface area (Å²) in [7, 11) is -3.54. The van der Waals surface area contributed by atoms with Crippen LogP contribution >= 0.6 is 11.6 Å². The number of halogens is 2. The van der Waals surface area contributed by atoms with Gasteiger partial charge in [0.2, 0.25) is 5.91 Å². The van der Waals surface area contributed by atoms with Gasteiger partial charge in [0, 0.05) is 23.7 Å². The molecule has 2 aliphatic heterocycles. The summed E-state index contributed by atoms with van der Waals surface area (Å²) in [4.78, 5) is 27.8. The van der Waals surface area contributed by atoms with E-state index in [1.54, 1.807) is 6.07 Å². The molecule has 1 aliphatic carbocycles. The summed E-state index contributed by atoms with van der Waals surface area (Å²) in [6.45, 7) is 0.909. The summed E-state index contributed by atoms with van der Waals surface area (Å²) >= 11 is 5.92. The molecular weight excluding hydrogens is 483 g/mol. The maximum absolute atomic E-state index is 14.5. The Balaban J connectivity index is 1.61. The van der Waals surface area contributed by atoms with Crippen LogP contribution in [0.3, 0.4) is 0 Å². The molecule has 1 saturated carbocycles. The molecule has 2 saturated heterocycles. The number of nitrogens with zero attached hydrogens (tertiary/aromatic N) is 1. The lowest BCUT2D eigenvalue weighted by molar-refractivity contribution is -0.123. The predicted octanol–water partition coefficient (Wildman–Crippen LogP) is 2.77. The average Bonchev–Trinajstić information content (AvgIpc) is 3.36. The van der Waals surface area contributed by atoms with Crippen molar-refractivity contribution < 1.29 is 27.1 Å². The van der Waals surface area contributed by atoms with Crippen LogP contribution in [0.2, 0.25) is 5.02 Å². The van der Waals surface area contributed by atoms with E-state index in [0.29, 0.717) is 31.6 Å². The van der Waals surface area contributed by atoms with Gasteiger partial charge in [-0.1, -0.05) is 23.7 Å². The zero-order valence-corrected chi connectivity index (χ0v) is 20.0. The van der Waals surface area contributed by atoms with Gasteiger partial charge in [0.1, 0.15) is 11.9 Å². The number of ether oxygens (including phenoxy) is 1. The maximum Gasteiger partial charge on any atom is 0.255 e. The highest BCUT2D eigenvalue weighted by molar-refractivity contribution is 7.90. The highest BCUT2D eigenvalue weighted by Crippen LogP contribution is 2.67. The van der Waals surface area contributed by atoms with Crippen molar-refractivity contribution in [3.05, 3.63) is 64.4 Å². The van der Waals surface area contributed by atoms with Crippen molar-refractivity contribution in [1.82, 2.24) is 4.90 Å². The molecule has 7 nitrogen and oxygen atoms in total. The first-order valence-electron chi connectivity index (χ1n) is 11.0. The Bertz CT molecular complexity index is 1300. The van der Waals surface area contributed by atoms with Gasteiger partial charge in [-0.05, 0) is 54.7 Å². The first kappa shape index (κ1) is 23.3. The van der Waals surface area contributed by atoms with Gasteiger partial charge in [-0.3, -0.25) is 9.59 Å². The molecule has 2 aromatic carbocycles. The highest BCUT2D eigenvalue weighted by Gasteiger charge is 2.72. The largest absolute Gasteiger partial charge is 0.381 e. The van der Waals surface area contributed by atoms with E-state index < -0.39 is 39.0 Å². The van der Waals surface area contributed by atoms with E-state index in [2.05, 4.69) is 0 Å². The predicted molar refractivity (Wildman–Crippen MR) is 123 cm³/mol. The molecule has 0 bridgehead atoms. The Labute approximate surface area is 201 Å². The van der Waals surface area contributed by atoms with Gasteiger partial charge < -0.3 is 15.4 Å². The number of hydrogen-bond donors (Lipinski definition) is 1. The second-order valence-electron chi connectivity index (χ2n) is 9.47. The van der Waals surface area contributed by atoms with E-state index >= 15 is 0 Å². The van der Waals surface area contributed by atoms with Gasteiger partial charge in [0.25, 0.3) is 5.91 Å². The molecule has 2 heterocycles. The van der Waals surface area contributed by atoms with Crippen LogP contribution in [-0.2, 0) is 19.4 Å². The Morgan fingerprint density at radius 3 is 2.56 bits per heavy atom. The van der Waals surface area contributed by atoms with Gasteiger partial charge in [-0.25, -0.2) is 12.8 Å². The fourth-order valence-electron chi connectivity index (χ4n) is 5.81. The molecule has 10 heteroatoms. The summed E-state index contributed by atoms with van der Waals surface area (Å²) in [6, 6.07) is 9.57. The van der Waals surface area contributed by atoms with Crippen LogP contribution in [0.4, 0.5) is 4.39 Å². The van der Waals surface area contributed by atoms with Crippen LogP contribution in [0, 0.1) is 17.7 Å². The van der Waals surface area contributed by atoms with Crippen molar-refractivity contribution in [3.8, 4) is 0 Å². The number of primary amides is 1. The van der Waals surface area contributed by atoms with Crippen LogP contribution in [0.5, 0.6) is 0 Å². The fraction of sp³-hybridized carbons (Fsp3) is 0.417. The third-order valence-electron chi connectivity index (χ3n) is 7.42. The van der Waals surface area contributed by atoms with Gasteiger partial charge in [0.15, 0.2) is 9.84 Å². The number of nitrogens with two attached hydrogens (primary N) is 1. The van der Waals surface area contributed by atoms with E-state index in [1.807, 2.05) is 0 Å². The average molecular weight is 507 g/mol. The topological polar surface area (TPSA) is 107 Å². The van der Waals surface area contributed by atoms with Crippen molar-refractivity contribution >= 4 is 33.3 Å². The minimum absolute atomic E-state index is 0.00385. The second-order valence-corrected chi connectivity index (χ2v) is 11.9. The van der Waals surface area contributed by atoms with Crippen molar-refractivity contribution in [1.29, 1.82) is 0 Å². The third-order valence-corrected chi connectivity index (χ3v) is 8.84. The van der Waals surface area contributed by atoms with Crippen LogP contribution in [0.15, 0.2) is 47.4 Å².